The minimum absolute atomic E-state index is 0.00424. The van der Waals surface area contributed by atoms with E-state index < -0.39 is 5.79 Å². The molecule has 1 rings (SSSR count). The van der Waals surface area contributed by atoms with Gasteiger partial charge in [0, 0.05) is 0 Å². The van der Waals surface area contributed by atoms with Crippen LogP contribution in [0, 0.1) is 5.92 Å². The molecule has 0 radical (unpaired) electrons. The first-order valence-electron chi connectivity index (χ1n) is 4.86. The summed E-state index contributed by atoms with van der Waals surface area (Å²) in [6.45, 7) is 8.81. The molecule has 3 heteroatoms. The maximum atomic E-state index is 6.10. The van der Waals surface area contributed by atoms with E-state index in [1.54, 1.807) is 0 Å². The molecule has 78 valence electrons. The Kier molecular flexibility index (Phi) is 3.61. The van der Waals surface area contributed by atoms with Crippen LogP contribution in [0.25, 0.3) is 0 Å². The molecule has 1 aliphatic heterocycles. The molecule has 0 bridgehead atoms. The van der Waals surface area contributed by atoms with E-state index in [1.165, 1.54) is 0 Å². The number of hydrogen-bond acceptors (Lipinski definition) is 2. The molecule has 0 aromatic rings. The van der Waals surface area contributed by atoms with Crippen LogP contribution < -0.4 is 0 Å². The highest BCUT2D eigenvalue weighted by Crippen LogP contribution is 2.28. The Morgan fingerprint density at radius 3 is 2.62 bits per heavy atom. The van der Waals surface area contributed by atoms with Gasteiger partial charge >= 0.3 is 0 Å². The van der Waals surface area contributed by atoms with E-state index in [-0.39, 0.29) is 11.5 Å². The zero-order chi connectivity index (χ0) is 10.1. The molecule has 0 saturated carbocycles. The van der Waals surface area contributed by atoms with E-state index in [4.69, 9.17) is 21.1 Å². The Bertz CT molecular complexity index is 168. The summed E-state index contributed by atoms with van der Waals surface area (Å²) in [5, 5.41) is -0.00424. The summed E-state index contributed by atoms with van der Waals surface area (Å²) >= 11 is 6.10. The van der Waals surface area contributed by atoms with Gasteiger partial charge in [0.2, 0.25) is 0 Å². The average molecular weight is 207 g/mol. The molecule has 1 heterocycles. The highest BCUT2D eigenvalue weighted by atomic mass is 35.5. The van der Waals surface area contributed by atoms with Crippen LogP contribution in [0.4, 0.5) is 0 Å². The largest absolute Gasteiger partial charge is 0.349 e. The van der Waals surface area contributed by atoms with Crippen LogP contribution in [-0.2, 0) is 9.47 Å². The van der Waals surface area contributed by atoms with Gasteiger partial charge in [-0.05, 0) is 26.2 Å². The Morgan fingerprint density at radius 2 is 2.08 bits per heavy atom. The van der Waals surface area contributed by atoms with Gasteiger partial charge in [0.05, 0.1) is 18.1 Å². The van der Waals surface area contributed by atoms with Crippen LogP contribution in [0.3, 0.4) is 0 Å². The van der Waals surface area contributed by atoms with Gasteiger partial charge in [-0.3, -0.25) is 0 Å². The smallest absolute Gasteiger partial charge is 0.163 e. The third kappa shape index (κ3) is 3.45. The van der Waals surface area contributed by atoms with E-state index >= 15 is 0 Å². The fourth-order valence-electron chi connectivity index (χ4n) is 1.52. The predicted molar refractivity (Wildman–Crippen MR) is 54.0 cm³/mol. The second-order valence-corrected chi connectivity index (χ2v) is 5.07. The first-order valence-corrected chi connectivity index (χ1v) is 5.30. The fraction of sp³-hybridized carbons (Fsp3) is 1.00. The van der Waals surface area contributed by atoms with Crippen molar-refractivity contribution in [1.82, 2.24) is 0 Å². The van der Waals surface area contributed by atoms with Gasteiger partial charge in [-0.1, -0.05) is 13.8 Å². The lowest BCUT2D eigenvalue weighted by Gasteiger charge is -2.39. The summed E-state index contributed by atoms with van der Waals surface area (Å²) in [6.07, 6.45) is 1.13. The lowest BCUT2D eigenvalue weighted by molar-refractivity contribution is -0.273. The van der Waals surface area contributed by atoms with Crippen LogP contribution in [0.1, 0.15) is 34.1 Å². The van der Waals surface area contributed by atoms with Gasteiger partial charge in [0.25, 0.3) is 0 Å². The lowest BCUT2D eigenvalue weighted by atomic mass is 10.0. The fourth-order valence-corrected chi connectivity index (χ4v) is 1.74. The van der Waals surface area contributed by atoms with Crippen molar-refractivity contribution in [1.29, 1.82) is 0 Å². The Balaban J connectivity index is 2.50. The Labute approximate surface area is 85.5 Å². The molecule has 0 N–H and O–H groups in total. The summed E-state index contributed by atoms with van der Waals surface area (Å²) in [7, 11) is 0. The third-order valence-electron chi connectivity index (χ3n) is 2.13. The molecule has 1 saturated heterocycles. The minimum atomic E-state index is -0.467. The lowest BCUT2D eigenvalue weighted by Crippen LogP contribution is -2.46. The summed E-state index contributed by atoms with van der Waals surface area (Å²) < 4.78 is 11.2. The van der Waals surface area contributed by atoms with Gasteiger partial charge in [0.15, 0.2) is 5.79 Å². The summed E-state index contributed by atoms with van der Waals surface area (Å²) in [5.41, 5.74) is 0. The van der Waals surface area contributed by atoms with Crippen molar-refractivity contribution in [2.45, 2.75) is 51.4 Å². The van der Waals surface area contributed by atoms with E-state index in [9.17, 15) is 0 Å². The monoisotopic (exact) mass is 206 g/mol. The van der Waals surface area contributed by atoms with Gasteiger partial charge < -0.3 is 9.47 Å². The molecule has 1 fully saturated rings. The van der Waals surface area contributed by atoms with E-state index in [1.807, 2.05) is 13.8 Å². The first kappa shape index (κ1) is 11.3. The number of hydrogen-bond donors (Lipinski definition) is 0. The molecule has 0 spiro atoms. The van der Waals surface area contributed by atoms with Crippen molar-refractivity contribution >= 4 is 11.6 Å². The molecule has 0 aromatic carbocycles. The zero-order valence-electron chi connectivity index (χ0n) is 8.84. The average Bonchev–Trinajstić information content (AvgIpc) is 1.95. The van der Waals surface area contributed by atoms with Crippen molar-refractivity contribution in [2.24, 2.45) is 5.92 Å². The second kappa shape index (κ2) is 4.16. The number of halogens is 1. The summed E-state index contributed by atoms with van der Waals surface area (Å²) in [5.74, 6) is 0.144. The normalized spacial score (nSPS) is 33.7. The Hall–Kier alpha value is 0.210. The molecule has 13 heavy (non-hydrogen) atoms. The SMILES string of the molecule is CC(C)C[C@H]1OC(C)(C)OC[C@@H]1Cl. The van der Waals surface area contributed by atoms with E-state index in [0.29, 0.717) is 12.5 Å². The second-order valence-electron chi connectivity index (χ2n) is 4.51. The quantitative estimate of drug-likeness (QED) is 0.647. The van der Waals surface area contributed by atoms with Gasteiger partial charge in [-0.25, -0.2) is 0 Å². The van der Waals surface area contributed by atoms with Crippen LogP contribution in [-0.4, -0.2) is 23.9 Å². The van der Waals surface area contributed by atoms with Crippen molar-refractivity contribution in [3.05, 3.63) is 0 Å². The minimum Gasteiger partial charge on any atom is -0.349 e. The topological polar surface area (TPSA) is 18.5 Å². The maximum Gasteiger partial charge on any atom is 0.163 e. The molecular formula is C10H19ClO2. The number of alkyl halides is 1. The van der Waals surface area contributed by atoms with E-state index in [2.05, 4.69) is 13.8 Å². The van der Waals surface area contributed by atoms with Crippen LogP contribution in [0.5, 0.6) is 0 Å². The zero-order valence-corrected chi connectivity index (χ0v) is 9.60. The highest BCUT2D eigenvalue weighted by molar-refractivity contribution is 6.21. The molecule has 2 nitrogen and oxygen atoms in total. The van der Waals surface area contributed by atoms with Crippen molar-refractivity contribution < 1.29 is 9.47 Å². The molecule has 0 aromatic heterocycles. The van der Waals surface area contributed by atoms with Crippen LogP contribution in [0.15, 0.2) is 0 Å². The predicted octanol–water partition coefficient (Wildman–Crippen LogP) is 2.79. The van der Waals surface area contributed by atoms with Crippen molar-refractivity contribution in [3.8, 4) is 0 Å². The Morgan fingerprint density at radius 1 is 1.46 bits per heavy atom. The van der Waals surface area contributed by atoms with Crippen molar-refractivity contribution in [3.63, 3.8) is 0 Å². The molecular weight excluding hydrogens is 188 g/mol. The summed E-state index contributed by atoms with van der Waals surface area (Å²) in [6, 6.07) is 0. The standard InChI is InChI=1S/C10H19ClO2/c1-7(2)5-9-8(11)6-12-10(3,4)13-9/h7-9H,5-6H2,1-4H3/t8-,9+/m0/s1. The van der Waals surface area contributed by atoms with Gasteiger partial charge in [-0.2, -0.15) is 0 Å². The molecule has 0 aliphatic carbocycles. The molecule has 0 unspecified atom stereocenters. The van der Waals surface area contributed by atoms with Crippen LogP contribution >= 0.6 is 11.6 Å². The van der Waals surface area contributed by atoms with Crippen molar-refractivity contribution in [2.75, 3.05) is 6.61 Å². The molecule has 0 amide bonds. The highest BCUT2D eigenvalue weighted by Gasteiger charge is 2.35. The van der Waals surface area contributed by atoms with Crippen LogP contribution in [0.2, 0.25) is 0 Å². The first-order chi connectivity index (χ1) is 5.91. The van der Waals surface area contributed by atoms with Gasteiger partial charge in [-0.15, -0.1) is 11.6 Å². The summed E-state index contributed by atoms with van der Waals surface area (Å²) in [4.78, 5) is 0. The molecule has 1 aliphatic rings. The number of rotatable bonds is 2. The maximum absolute atomic E-state index is 6.10. The third-order valence-corrected chi connectivity index (χ3v) is 2.54. The van der Waals surface area contributed by atoms with Gasteiger partial charge in [0.1, 0.15) is 0 Å². The van der Waals surface area contributed by atoms with E-state index in [0.717, 1.165) is 6.42 Å². The number of ether oxygens (including phenoxy) is 2. The molecule has 2 atom stereocenters.